The Bertz CT molecular complexity index is 1380. The molecule has 2 aromatic heterocycles. The van der Waals surface area contributed by atoms with Gasteiger partial charge in [-0.15, -0.1) is 0 Å². The second kappa shape index (κ2) is 7.13. The maximum atomic E-state index is 13.3. The number of carbonyl (C=O) groups is 1. The number of nitrogens with zero attached hydrogens (tertiary/aromatic N) is 2. The zero-order valence-corrected chi connectivity index (χ0v) is 19.1. The van der Waals surface area contributed by atoms with Crippen LogP contribution in [0.1, 0.15) is 56.4 Å². The van der Waals surface area contributed by atoms with E-state index in [1.54, 1.807) is 29.7 Å². The molecule has 0 saturated heterocycles. The Balaban J connectivity index is 1.69. The van der Waals surface area contributed by atoms with E-state index in [-0.39, 0.29) is 47.7 Å². The number of fused-ring (bicyclic) bond motifs is 5. The van der Waals surface area contributed by atoms with Crippen molar-refractivity contribution in [1.82, 2.24) is 9.55 Å². The van der Waals surface area contributed by atoms with Gasteiger partial charge in [-0.05, 0) is 51.5 Å². The summed E-state index contributed by atoms with van der Waals surface area (Å²) in [5.41, 5.74) is 1.32. The maximum absolute atomic E-state index is 13.3. The summed E-state index contributed by atoms with van der Waals surface area (Å²) in [7, 11) is 0. The topological polar surface area (TPSA) is 111 Å². The third-order valence-corrected chi connectivity index (χ3v) is 6.43. The van der Waals surface area contributed by atoms with Gasteiger partial charge in [0.1, 0.15) is 12.4 Å². The molecular formula is C25H26N2O6. The molecule has 0 saturated carbocycles. The summed E-state index contributed by atoms with van der Waals surface area (Å²) in [6.45, 7) is 7.87. The Labute approximate surface area is 190 Å². The van der Waals surface area contributed by atoms with Crippen molar-refractivity contribution in [3.63, 3.8) is 0 Å². The number of benzene rings is 1. The number of cyclic esters (lactones) is 1. The summed E-state index contributed by atoms with van der Waals surface area (Å²) in [6.07, 6.45) is 0.0934. The van der Waals surface area contributed by atoms with Crippen LogP contribution in [0.25, 0.3) is 22.3 Å². The fraction of sp³-hybridized carbons (Fsp3) is 0.400. The third-order valence-electron chi connectivity index (χ3n) is 6.43. The van der Waals surface area contributed by atoms with Crippen molar-refractivity contribution in [3.8, 4) is 17.1 Å². The minimum Gasteiger partial charge on any atom is -0.508 e. The van der Waals surface area contributed by atoms with Gasteiger partial charge < -0.3 is 24.3 Å². The summed E-state index contributed by atoms with van der Waals surface area (Å²) < 4.78 is 12.6. The van der Waals surface area contributed by atoms with Crippen LogP contribution in [-0.4, -0.2) is 31.3 Å². The van der Waals surface area contributed by atoms with Gasteiger partial charge >= 0.3 is 5.97 Å². The van der Waals surface area contributed by atoms with E-state index in [0.717, 1.165) is 10.9 Å². The van der Waals surface area contributed by atoms with Gasteiger partial charge in [-0.1, -0.05) is 6.92 Å². The number of phenolic OH excluding ortho intramolecular Hbond substituents is 1. The summed E-state index contributed by atoms with van der Waals surface area (Å²) in [4.78, 5) is 30.4. The zero-order valence-electron chi connectivity index (χ0n) is 19.1. The molecular weight excluding hydrogens is 424 g/mol. The minimum absolute atomic E-state index is 0.0934. The highest BCUT2D eigenvalue weighted by atomic mass is 16.6. The molecule has 33 heavy (non-hydrogen) atoms. The van der Waals surface area contributed by atoms with Crippen LogP contribution < -0.4 is 5.56 Å². The quantitative estimate of drug-likeness (QED) is 0.462. The predicted octanol–water partition coefficient (Wildman–Crippen LogP) is 3.10. The van der Waals surface area contributed by atoms with Gasteiger partial charge in [0.15, 0.2) is 5.60 Å². The second-order valence-electron chi connectivity index (χ2n) is 9.63. The zero-order chi connectivity index (χ0) is 23.7. The molecule has 2 aliphatic rings. The molecule has 8 heteroatoms. The van der Waals surface area contributed by atoms with E-state index in [1.807, 2.05) is 26.8 Å². The third kappa shape index (κ3) is 3.24. The van der Waals surface area contributed by atoms with Crippen molar-refractivity contribution in [2.75, 3.05) is 0 Å². The van der Waals surface area contributed by atoms with Crippen molar-refractivity contribution in [3.05, 3.63) is 56.9 Å². The lowest BCUT2D eigenvalue weighted by atomic mass is 9.86. The Morgan fingerprint density at radius 3 is 2.70 bits per heavy atom. The standard InChI is InChI=1S/C25H26N2O6/c1-5-25(31)17-9-19-21-13(10-27(19)22(29)16(17)11-32-23(25)30)8-14-15(12-33-24(2,3)4)20(28)7-6-18(14)26-21/h6-9,28,31H,5,10-12H2,1-4H3. The van der Waals surface area contributed by atoms with Crippen molar-refractivity contribution in [2.45, 2.75) is 65.1 Å². The molecule has 8 nitrogen and oxygen atoms in total. The summed E-state index contributed by atoms with van der Waals surface area (Å²) in [5, 5.41) is 22.2. The van der Waals surface area contributed by atoms with E-state index < -0.39 is 11.6 Å². The molecule has 1 atom stereocenters. The van der Waals surface area contributed by atoms with Gasteiger partial charge in [-0.25, -0.2) is 9.78 Å². The first-order valence-electron chi connectivity index (χ1n) is 11.0. The lowest BCUT2D eigenvalue weighted by Crippen LogP contribution is -2.44. The van der Waals surface area contributed by atoms with E-state index in [1.165, 1.54) is 0 Å². The van der Waals surface area contributed by atoms with E-state index in [9.17, 15) is 19.8 Å². The highest BCUT2D eigenvalue weighted by Crippen LogP contribution is 2.39. The lowest BCUT2D eigenvalue weighted by Gasteiger charge is -2.31. The molecule has 3 aromatic rings. The number of ether oxygens (including phenoxy) is 2. The molecule has 2 aliphatic heterocycles. The minimum atomic E-state index is -1.86. The summed E-state index contributed by atoms with van der Waals surface area (Å²) in [6, 6.07) is 6.93. The number of carbonyl (C=O) groups excluding carboxylic acids is 1. The number of aromatic hydroxyl groups is 1. The Kier molecular flexibility index (Phi) is 4.67. The molecule has 5 rings (SSSR count). The summed E-state index contributed by atoms with van der Waals surface area (Å²) in [5.74, 6) is -0.620. The van der Waals surface area contributed by atoms with Gasteiger partial charge in [-0.3, -0.25) is 4.79 Å². The number of hydrogen-bond donors (Lipinski definition) is 2. The van der Waals surface area contributed by atoms with Crippen LogP contribution in [-0.2, 0) is 39.6 Å². The van der Waals surface area contributed by atoms with Gasteiger partial charge in [-0.2, -0.15) is 0 Å². The van der Waals surface area contributed by atoms with Crippen molar-refractivity contribution < 1.29 is 24.5 Å². The average Bonchev–Trinajstić information content (AvgIpc) is 3.12. The van der Waals surface area contributed by atoms with E-state index in [0.29, 0.717) is 29.0 Å². The van der Waals surface area contributed by atoms with E-state index in [2.05, 4.69) is 0 Å². The fourth-order valence-corrected chi connectivity index (χ4v) is 4.54. The molecule has 2 N–H and O–H groups in total. The molecule has 0 fully saturated rings. The largest absolute Gasteiger partial charge is 0.508 e. The van der Waals surface area contributed by atoms with Gasteiger partial charge in [0.2, 0.25) is 0 Å². The van der Waals surface area contributed by atoms with Crippen LogP contribution >= 0.6 is 0 Å². The highest BCUT2D eigenvalue weighted by molar-refractivity contribution is 5.89. The van der Waals surface area contributed by atoms with Gasteiger partial charge in [0.25, 0.3) is 5.56 Å². The maximum Gasteiger partial charge on any atom is 0.343 e. The first kappa shape index (κ1) is 21.6. The predicted molar refractivity (Wildman–Crippen MR) is 121 cm³/mol. The smallest absolute Gasteiger partial charge is 0.343 e. The van der Waals surface area contributed by atoms with Gasteiger partial charge in [0, 0.05) is 22.1 Å². The molecule has 0 aliphatic carbocycles. The summed E-state index contributed by atoms with van der Waals surface area (Å²) >= 11 is 0. The molecule has 1 unspecified atom stereocenters. The van der Waals surface area contributed by atoms with Crippen molar-refractivity contribution in [1.29, 1.82) is 0 Å². The molecule has 0 spiro atoms. The molecule has 1 aromatic carbocycles. The van der Waals surface area contributed by atoms with Crippen LogP contribution in [0.4, 0.5) is 0 Å². The Morgan fingerprint density at radius 1 is 1.24 bits per heavy atom. The van der Waals surface area contributed by atoms with Gasteiger partial charge in [0.05, 0.1) is 41.2 Å². The number of aliphatic hydroxyl groups is 1. The van der Waals surface area contributed by atoms with Crippen LogP contribution in [0, 0.1) is 0 Å². The monoisotopic (exact) mass is 450 g/mol. The van der Waals surface area contributed by atoms with Crippen LogP contribution in [0.15, 0.2) is 29.1 Å². The van der Waals surface area contributed by atoms with E-state index in [4.69, 9.17) is 14.5 Å². The fourth-order valence-electron chi connectivity index (χ4n) is 4.54. The number of hydrogen-bond acceptors (Lipinski definition) is 7. The molecule has 172 valence electrons. The van der Waals surface area contributed by atoms with Crippen molar-refractivity contribution >= 4 is 16.9 Å². The molecule has 0 amide bonds. The Hall–Kier alpha value is -3.23. The Morgan fingerprint density at radius 2 is 2.00 bits per heavy atom. The SMILES string of the molecule is CCC1(O)C(=O)OCc2c1cc1n(c2=O)Cc2cc3c(COC(C)(C)C)c(O)ccc3nc2-1. The van der Waals surface area contributed by atoms with E-state index >= 15 is 0 Å². The number of rotatable bonds is 3. The number of aromatic nitrogens is 2. The highest BCUT2D eigenvalue weighted by Gasteiger charge is 2.45. The van der Waals surface area contributed by atoms with Crippen LogP contribution in [0.2, 0.25) is 0 Å². The average molecular weight is 450 g/mol. The normalized spacial score (nSPS) is 19.2. The first-order chi connectivity index (χ1) is 15.5. The molecule has 0 radical (unpaired) electrons. The number of pyridine rings is 2. The molecule has 4 heterocycles. The number of esters is 1. The van der Waals surface area contributed by atoms with Crippen LogP contribution in [0.3, 0.4) is 0 Å². The van der Waals surface area contributed by atoms with Crippen LogP contribution in [0.5, 0.6) is 5.75 Å². The second-order valence-corrected chi connectivity index (χ2v) is 9.63. The lowest BCUT2D eigenvalue weighted by molar-refractivity contribution is -0.172. The first-order valence-corrected chi connectivity index (χ1v) is 11.0. The number of phenols is 1. The molecule has 0 bridgehead atoms. The van der Waals surface area contributed by atoms with Crippen molar-refractivity contribution in [2.24, 2.45) is 0 Å².